The van der Waals surface area contributed by atoms with Crippen LogP contribution >= 0.6 is 11.8 Å². The van der Waals surface area contributed by atoms with Crippen LogP contribution in [0, 0.1) is 17.5 Å². The van der Waals surface area contributed by atoms with Gasteiger partial charge in [0.25, 0.3) is 0 Å². The van der Waals surface area contributed by atoms with Gasteiger partial charge in [-0.25, -0.2) is 26.4 Å². The minimum absolute atomic E-state index is 0.0374. The Morgan fingerprint density at radius 2 is 1.79 bits per heavy atom. The Kier molecular flexibility index (Phi) is 6.01. The van der Waals surface area contributed by atoms with Crippen molar-refractivity contribution in [1.29, 1.82) is 0 Å². The Bertz CT molecular complexity index is 1010. The van der Waals surface area contributed by atoms with Gasteiger partial charge in [-0.2, -0.15) is 16.1 Å². The van der Waals surface area contributed by atoms with Gasteiger partial charge in [0.2, 0.25) is 10.0 Å². The Morgan fingerprint density at radius 3 is 2.50 bits per heavy atom. The molecule has 1 saturated heterocycles. The van der Waals surface area contributed by atoms with E-state index in [0.717, 1.165) is 40.7 Å². The molecule has 1 heterocycles. The summed E-state index contributed by atoms with van der Waals surface area (Å²) in [5.74, 6) is -3.38. The number of hydrogen-bond acceptors (Lipinski definition) is 4. The molecular weight excluding hydrogens is 415 g/mol. The van der Waals surface area contributed by atoms with Crippen molar-refractivity contribution in [2.75, 3.05) is 18.8 Å². The third-order valence-electron chi connectivity index (χ3n) is 4.41. The Labute approximate surface area is 164 Å². The van der Waals surface area contributed by atoms with Gasteiger partial charge in [-0.15, -0.1) is 0 Å². The summed E-state index contributed by atoms with van der Waals surface area (Å²) in [6.07, 6.45) is 0.247. The number of halogens is 3. The second kappa shape index (κ2) is 8.14. The number of carbonyl (C=O) groups is 1. The highest BCUT2D eigenvalue weighted by Gasteiger charge is 2.30. The lowest BCUT2D eigenvalue weighted by Crippen LogP contribution is -2.33. The molecule has 10 heteroatoms. The predicted octanol–water partition coefficient (Wildman–Crippen LogP) is 3.67. The number of nitrogens with zero attached hydrogens (tertiary/aromatic N) is 1. The van der Waals surface area contributed by atoms with E-state index in [4.69, 9.17) is 5.11 Å². The number of benzene rings is 2. The molecule has 0 radical (unpaired) electrons. The van der Waals surface area contributed by atoms with Crippen molar-refractivity contribution in [2.45, 2.75) is 16.6 Å². The van der Waals surface area contributed by atoms with Gasteiger partial charge in [0, 0.05) is 29.7 Å². The van der Waals surface area contributed by atoms with Gasteiger partial charge in [0.15, 0.2) is 0 Å². The lowest BCUT2D eigenvalue weighted by Gasteiger charge is -2.20. The summed E-state index contributed by atoms with van der Waals surface area (Å²) in [5, 5.41) is 8.58. The number of thioether (sulfide) groups is 1. The maximum atomic E-state index is 14.0. The van der Waals surface area contributed by atoms with Crippen LogP contribution in [-0.4, -0.2) is 42.6 Å². The monoisotopic (exact) mass is 431 g/mol. The van der Waals surface area contributed by atoms with Crippen molar-refractivity contribution < 1.29 is 31.5 Å². The summed E-state index contributed by atoms with van der Waals surface area (Å²) >= 11 is 1.32. The average Bonchev–Trinajstić information content (AvgIpc) is 2.90. The van der Waals surface area contributed by atoms with Crippen LogP contribution in [0.4, 0.5) is 13.2 Å². The Hall–Kier alpha value is -2.04. The molecule has 0 saturated carbocycles. The zero-order valence-corrected chi connectivity index (χ0v) is 16.1. The van der Waals surface area contributed by atoms with Crippen molar-refractivity contribution in [3.05, 3.63) is 65.0 Å². The van der Waals surface area contributed by atoms with E-state index in [1.165, 1.54) is 11.8 Å². The molecule has 1 N–H and O–H groups in total. The van der Waals surface area contributed by atoms with Crippen molar-refractivity contribution in [2.24, 2.45) is 0 Å². The fourth-order valence-electron chi connectivity index (χ4n) is 2.98. The average molecular weight is 431 g/mol. The van der Waals surface area contributed by atoms with E-state index in [-0.39, 0.29) is 30.0 Å². The van der Waals surface area contributed by atoms with Crippen molar-refractivity contribution >= 4 is 27.8 Å². The van der Waals surface area contributed by atoms with E-state index in [1.54, 1.807) is 0 Å². The first-order chi connectivity index (χ1) is 13.2. The van der Waals surface area contributed by atoms with E-state index in [1.807, 2.05) is 0 Å². The third kappa shape index (κ3) is 4.18. The smallest absolute Gasteiger partial charge is 0.338 e. The third-order valence-corrected chi connectivity index (χ3v) is 7.62. The quantitative estimate of drug-likeness (QED) is 0.800. The molecule has 5 nitrogen and oxygen atoms in total. The molecule has 3 rings (SSSR count). The highest BCUT2D eigenvalue weighted by molar-refractivity contribution is 7.99. The molecule has 1 aliphatic heterocycles. The van der Waals surface area contributed by atoms with Gasteiger partial charge in [-0.05, 0) is 42.8 Å². The van der Waals surface area contributed by atoms with E-state index in [0.29, 0.717) is 5.75 Å². The minimum atomic E-state index is -4.06. The first-order valence-corrected chi connectivity index (χ1v) is 10.8. The van der Waals surface area contributed by atoms with E-state index >= 15 is 0 Å². The van der Waals surface area contributed by atoms with Gasteiger partial charge >= 0.3 is 5.97 Å². The fourth-order valence-corrected chi connectivity index (χ4v) is 5.82. The van der Waals surface area contributed by atoms with Crippen LogP contribution < -0.4 is 0 Å². The molecule has 150 valence electrons. The molecule has 2 aromatic carbocycles. The molecule has 28 heavy (non-hydrogen) atoms. The molecule has 1 unspecified atom stereocenters. The summed E-state index contributed by atoms with van der Waals surface area (Å²) in [5.41, 5.74) is -0.552. The Morgan fingerprint density at radius 1 is 1.07 bits per heavy atom. The molecule has 1 atom stereocenters. The highest BCUT2D eigenvalue weighted by Crippen LogP contribution is 2.37. The minimum Gasteiger partial charge on any atom is -0.478 e. The molecule has 0 aliphatic carbocycles. The molecule has 1 aliphatic rings. The predicted molar refractivity (Wildman–Crippen MR) is 98.3 cm³/mol. The first kappa shape index (κ1) is 20.7. The van der Waals surface area contributed by atoms with Gasteiger partial charge in [-0.3, -0.25) is 0 Å². The molecule has 2 aromatic rings. The molecule has 0 bridgehead atoms. The lowest BCUT2D eigenvalue weighted by molar-refractivity contribution is 0.0691. The van der Waals surface area contributed by atoms with Gasteiger partial charge in [0.1, 0.15) is 17.5 Å². The van der Waals surface area contributed by atoms with E-state index < -0.39 is 44.3 Å². The number of carboxylic acid groups (broad SMARTS) is 1. The topological polar surface area (TPSA) is 74.7 Å². The zero-order valence-electron chi connectivity index (χ0n) is 14.4. The molecule has 0 aromatic heterocycles. The van der Waals surface area contributed by atoms with Crippen molar-refractivity contribution in [1.82, 2.24) is 4.31 Å². The van der Waals surface area contributed by atoms with E-state index in [2.05, 4.69) is 0 Å². The fraction of sp³-hybridized carbons (Fsp3) is 0.278. The second-order valence-electron chi connectivity index (χ2n) is 6.16. The summed E-state index contributed by atoms with van der Waals surface area (Å²) in [6, 6.07) is 5.76. The number of hydrogen-bond donors (Lipinski definition) is 1. The number of rotatable bonds is 4. The number of aromatic carboxylic acids is 1. The summed E-state index contributed by atoms with van der Waals surface area (Å²) in [6.45, 7) is 0.149. The SMILES string of the molecule is O=C(O)c1cc(S(=O)(=O)N2CCSC(c3cc(F)ccc3F)CC2)ccc1F. The first-order valence-electron chi connectivity index (χ1n) is 8.29. The molecule has 1 fully saturated rings. The van der Waals surface area contributed by atoms with Crippen LogP contribution in [0.3, 0.4) is 0 Å². The second-order valence-corrected chi connectivity index (χ2v) is 9.41. The van der Waals surface area contributed by atoms with Crippen LogP contribution in [0.5, 0.6) is 0 Å². The van der Waals surface area contributed by atoms with Crippen molar-refractivity contribution in [3.63, 3.8) is 0 Å². The van der Waals surface area contributed by atoms with Crippen LogP contribution in [0.2, 0.25) is 0 Å². The lowest BCUT2D eigenvalue weighted by atomic mass is 10.1. The molecule has 0 spiro atoms. The summed E-state index contributed by atoms with van der Waals surface area (Å²) in [7, 11) is -4.06. The van der Waals surface area contributed by atoms with Crippen molar-refractivity contribution in [3.8, 4) is 0 Å². The Balaban J connectivity index is 1.84. The van der Waals surface area contributed by atoms with Crippen LogP contribution in [0.15, 0.2) is 41.3 Å². The largest absolute Gasteiger partial charge is 0.478 e. The van der Waals surface area contributed by atoms with Crippen LogP contribution in [-0.2, 0) is 10.0 Å². The normalized spacial score (nSPS) is 18.6. The summed E-state index contributed by atoms with van der Waals surface area (Å²) in [4.78, 5) is 10.7. The highest BCUT2D eigenvalue weighted by atomic mass is 32.2. The summed E-state index contributed by atoms with van der Waals surface area (Å²) < 4.78 is 67.9. The van der Waals surface area contributed by atoms with Crippen LogP contribution in [0.1, 0.15) is 27.6 Å². The van der Waals surface area contributed by atoms with Gasteiger partial charge < -0.3 is 5.11 Å². The van der Waals surface area contributed by atoms with Crippen LogP contribution in [0.25, 0.3) is 0 Å². The molecule has 0 amide bonds. The standard InChI is InChI=1S/C18H16F3NO4S2/c19-11-1-3-15(20)13(9-11)17-5-6-22(7-8-27-17)28(25,26)12-2-4-16(21)14(10-12)18(23)24/h1-4,9-10,17H,5-8H2,(H,23,24). The van der Waals surface area contributed by atoms with Gasteiger partial charge in [-0.1, -0.05) is 0 Å². The van der Waals surface area contributed by atoms with Gasteiger partial charge in [0.05, 0.1) is 10.5 Å². The maximum Gasteiger partial charge on any atom is 0.338 e. The zero-order chi connectivity index (χ0) is 20.5. The number of sulfonamides is 1. The molecular formula is C18H16F3NO4S2. The van der Waals surface area contributed by atoms with E-state index in [9.17, 15) is 26.4 Å². The maximum absolute atomic E-state index is 14.0. The number of carboxylic acids is 1.